The van der Waals surface area contributed by atoms with E-state index in [0.717, 1.165) is 0 Å². The van der Waals surface area contributed by atoms with Crippen molar-refractivity contribution in [1.29, 1.82) is 0 Å². The summed E-state index contributed by atoms with van der Waals surface area (Å²) in [5.74, 6) is -1.04. The largest absolute Gasteiger partial charge is 0.449 e. The van der Waals surface area contributed by atoms with E-state index in [4.69, 9.17) is 4.74 Å². The van der Waals surface area contributed by atoms with Crippen LogP contribution in [0.5, 0.6) is 0 Å². The van der Waals surface area contributed by atoms with Crippen LogP contribution in [0.4, 0.5) is 5.69 Å². The maximum atomic E-state index is 12.5. The number of anilines is 1. The average molecular weight is 399 g/mol. The molecule has 0 saturated heterocycles. The molecule has 0 aliphatic heterocycles. The summed E-state index contributed by atoms with van der Waals surface area (Å²) >= 11 is 1.24. The first-order valence-corrected chi connectivity index (χ1v) is 9.60. The van der Waals surface area contributed by atoms with Crippen LogP contribution in [-0.2, 0) is 14.3 Å². The van der Waals surface area contributed by atoms with Gasteiger partial charge in [-0.3, -0.25) is 14.4 Å². The van der Waals surface area contributed by atoms with Gasteiger partial charge in [-0.15, -0.1) is 11.8 Å². The number of Topliss-reactive ketones (excluding diaryl/α,β-unsaturated/α-hetero) is 2. The molecule has 2 rings (SSSR count). The van der Waals surface area contributed by atoms with Gasteiger partial charge in [-0.05, 0) is 45.0 Å². The molecule has 0 aliphatic carbocycles. The third-order valence-corrected chi connectivity index (χ3v) is 4.95. The summed E-state index contributed by atoms with van der Waals surface area (Å²) in [6.45, 7) is 4.38. The minimum atomic E-state index is -1.04. The van der Waals surface area contributed by atoms with Crippen LogP contribution in [0, 0.1) is 0 Å². The molecular formula is C21H21NO5S. The number of carbonyl (C=O) groups is 4. The highest BCUT2D eigenvalue weighted by molar-refractivity contribution is 8.00. The number of esters is 1. The van der Waals surface area contributed by atoms with Crippen molar-refractivity contribution in [2.75, 3.05) is 11.1 Å². The van der Waals surface area contributed by atoms with E-state index in [1.807, 2.05) is 0 Å². The van der Waals surface area contributed by atoms with Crippen molar-refractivity contribution >= 4 is 40.9 Å². The zero-order valence-corrected chi connectivity index (χ0v) is 16.7. The highest BCUT2D eigenvalue weighted by Gasteiger charge is 2.21. The fourth-order valence-electron chi connectivity index (χ4n) is 2.28. The van der Waals surface area contributed by atoms with Crippen molar-refractivity contribution in [1.82, 2.24) is 0 Å². The van der Waals surface area contributed by atoms with E-state index in [-0.39, 0.29) is 17.3 Å². The van der Waals surface area contributed by atoms with Crippen LogP contribution in [0.15, 0.2) is 53.4 Å². The van der Waals surface area contributed by atoms with Crippen LogP contribution in [0.2, 0.25) is 0 Å². The van der Waals surface area contributed by atoms with Crippen LogP contribution >= 0.6 is 11.8 Å². The Bertz CT molecular complexity index is 909. The fraction of sp³-hybridized carbons (Fsp3) is 0.238. The summed E-state index contributed by atoms with van der Waals surface area (Å²) in [6, 6.07) is 13.3. The van der Waals surface area contributed by atoms with E-state index in [0.29, 0.717) is 21.7 Å². The second-order valence-electron chi connectivity index (χ2n) is 6.16. The first kappa shape index (κ1) is 21.4. The van der Waals surface area contributed by atoms with Gasteiger partial charge >= 0.3 is 5.97 Å². The number of nitrogens with one attached hydrogen (secondary N) is 1. The third-order valence-electron chi connectivity index (χ3n) is 3.73. The molecule has 1 N–H and O–H groups in total. The Hall–Kier alpha value is -2.93. The summed E-state index contributed by atoms with van der Waals surface area (Å²) in [5.41, 5.74) is 1.21. The van der Waals surface area contributed by atoms with Crippen LogP contribution in [-0.4, -0.2) is 35.3 Å². The molecule has 0 bridgehead atoms. The molecule has 0 aliphatic rings. The minimum Gasteiger partial charge on any atom is -0.449 e. The lowest BCUT2D eigenvalue weighted by Gasteiger charge is -2.15. The Labute approximate surface area is 167 Å². The van der Waals surface area contributed by atoms with E-state index in [2.05, 4.69) is 5.32 Å². The summed E-state index contributed by atoms with van der Waals surface area (Å²) in [4.78, 5) is 48.1. The molecule has 0 saturated carbocycles. The van der Waals surface area contributed by atoms with Gasteiger partial charge < -0.3 is 10.1 Å². The predicted molar refractivity (Wildman–Crippen MR) is 108 cm³/mol. The molecule has 0 unspecified atom stereocenters. The quantitative estimate of drug-likeness (QED) is 0.413. The third kappa shape index (κ3) is 6.06. The van der Waals surface area contributed by atoms with E-state index in [9.17, 15) is 19.2 Å². The Morgan fingerprint density at radius 1 is 1.04 bits per heavy atom. The molecule has 0 spiro atoms. The van der Waals surface area contributed by atoms with Gasteiger partial charge in [0.05, 0.1) is 11.3 Å². The highest BCUT2D eigenvalue weighted by Crippen LogP contribution is 2.24. The van der Waals surface area contributed by atoms with Gasteiger partial charge in [0.2, 0.25) is 0 Å². The van der Waals surface area contributed by atoms with E-state index >= 15 is 0 Å². The molecule has 0 aromatic heterocycles. The zero-order chi connectivity index (χ0) is 20.7. The monoisotopic (exact) mass is 399 g/mol. The topological polar surface area (TPSA) is 89.5 Å². The van der Waals surface area contributed by atoms with Gasteiger partial charge in [-0.1, -0.05) is 24.3 Å². The number of hydrogen-bond donors (Lipinski definition) is 1. The number of thioether (sulfide) groups is 1. The summed E-state index contributed by atoms with van der Waals surface area (Å²) < 4.78 is 5.28. The fourth-order valence-corrected chi connectivity index (χ4v) is 3.12. The van der Waals surface area contributed by atoms with Gasteiger partial charge in [-0.25, -0.2) is 4.79 Å². The molecule has 2 aromatic carbocycles. The maximum Gasteiger partial charge on any atom is 0.340 e. The van der Waals surface area contributed by atoms with E-state index in [1.54, 1.807) is 48.5 Å². The number of ether oxygens (including phenoxy) is 1. The Morgan fingerprint density at radius 3 is 2.43 bits per heavy atom. The van der Waals surface area contributed by atoms with Gasteiger partial charge in [-0.2, -0.15) is 0 Å². The lowest BCUT2D eigenvalue weighted by molar-refractivity contribution is -0.123. The zero-order valence-electron chi connectivity index (χ0n) is 15.9. The molecule has 1 amide bonds. The van der Waals surface area contributed by atoms with Crippen LogP contribution in [0.1, 0.15) is 41.5 Å². The molecule has 146 valence electrons. The lowest BCUT2D eigenvalue weighted by atomic mass is 10.1. The second-order valence-corrected chi connectivity index (χ2v) is 7.18. The van der Waals surface area contributed by atoms with Crippen molar-refractivity contribution in [2.24, 2.45) is 0 Å². The van der Waals surface area contributed by atoms with Gasteiger partial charge in [0.1, 0.15) is 5.78 Å². The van der Waals surface area contributed by atoms with Crippen LogP contribution in [0.25, 0.3) is 0 Å². The van der Waals surface area contributed by atoms with Crippen molar-refractivity contribution < 1.29 is 23.9 Å². The number of rotatable bonds is 8. The Morgan fingerprint density at radius 2 is 1.75 bits per heavy atom. The number of amides is 1. The smallest absolute Gasteiger partial charge is 0.340 e. The van der Waals surface area contributed by atoms with Gasteiger partial charge in [0.15, 0.2) is 11.9 Å². The molecule has 0 heterocycles. The van der Waals surface area contributed by atoms with Gasteiger partial charge in [0, 0.05) is 16.1 Å². The van der Waals surface area contributed by atoms with Crippen molar-refractivity contribution in [3.8, 4) is 0 Å². The van der Waals surface area contributed by atoms with Crippen LogP contribution < -0.4 is 5.32 Å². The Balaban J connectivity index is 2.04. The summed E-state index contributed by atoms with van der Waals surface area (Å²) in [5, 5.41) is 2.63. The summed E-state index contributed by atoms with van der Waals surface area (Å²) in [6.07, 6.45) is -1.04. The number of ketones is 2. The van der Waals surface area contributed by atoms with Gasteiger partial charge in [0.25, 0.3) is 5.91 Å². The first-order chi connectivity index (χ1) is 13.3. The molecule has 28 heavy (non-hydrogen) atoms. The standard InChI is InChI=1S/C21H21NO5S/c1-13(23)12-28-19-10-5-4-9-18(19)21(26)27-15(3)20(25)22-17-8-6-7-16(11-17)14(2)24/h4-11,15H,12H2,1-3H3,(H,22,25)/t15-/m0/s1. The van der Waals surface area contributed by atoms with E-state index < -0.39 is 18.0 Å². The van der Waals surface area contributed by atoms with E-state index in [1.165, 1.54) is 32.5 Å². The minimum absolute atomic E-state index is 0.00583. The molecular weight excluding hydrogens is 378 g/mol. The lowest BCUT2D eigenvalue weighted by Crippen LogP contribution is -2.30. The normalized spacial score (nSPS) is 11.4. The first-order valence-electron chi connectivity index (χ1n) is 8.62. The molecule has 6 nitrogen and oxygen atoms in total. The number of benzene rings is 2. The number of carbonyl (C=O) groups excluding carboxylic acids is 4. The average Bonchev–Trinajstić information content (AvgIpc) is 2.66. The summed E-state index contributed by atoms with van der Waals surface area (Å²) in [7, 11) is 0. The molecule has 2 aromatic rings. The molecule has 7 heteroatoms. The molecule has 0 radical (unpaired) electrons. The van der Waals surface area contributed by atoms with Crippen molar-refractivity contribution in [2.45, 2.75) is 31.8 Å². The van der Waals surface area contributed by atoms with Crippen molar-refractivity contribution in [3.05, 3.63) is 59.7 Å². The predicted octanol–water partition coefficient (Wildman–Crippen LogP) is 3.75. The molecule has 1 atom stereocenters. The molecule has 0 fully saturated rings. The highest BCUT2D eigenvalue weighted by atomic mass is 32.2. The Kier molecular flexibility index (Phi) is 7.52. The second kappa shape index (κ2) is 9.85. The SMILES string of the molecule is CC(=O)CSc1ccccc1C(=O)O[C@@H](C)C(=O)Nc1cccc(C(C)=O)c1. The maximum absolute atomic E-state index is 12.5. The number of hydrogen-bond acceptors (Lipinski definition) is 6. The van der Waals surface area contributed by atoms with Crippen molar-refractivity contribution in [3.63, 3.8) is 0 Å². The van der Waals surface area contributed by atoms with Crippen LogP contribution in [0.3, 0.4) is 0 Å².